The number of hydrogen-bond acceptors (Lipinski definition) is 3. The van der Waals surface area contributed by atoms with Crippen LogP contribution in [0.5, 0.6) is 0 Å². The summed E-state index contributed by atoms with van der Waals surface area (Å²) in [6.45, 7) is 8.05. The van der Waals surface area contributed by atoms with Crippen LogP contribution in [0.2, 0.25) is 0 Å². The minimum absolute atomic E-state index is 0.141. The van der Waals surface area contributed by atoms with E-state index in [4.69, 9.17) is 5.73 Å². The molecule has 1 rings (SSSR count). The monoisotopic (exact) mass is 255 g/mol. The second kappa shape index (κ2) is 6.18. The summed E-state index contributed by atoms with van der Waals surface area (Å²) in [4.78, 5) is 25.1. The molecule has 18 heavy (non-hydrogen) atoms. The van der Waals surface area contributed by atoms with Gasteiger partial charge in [-0.25, -0.2) is 0 Å². The van der Waals surface area contributed by atoms with Crippen LogP contribution in [0.25, 0.3) is 0 Å². The zero-order chi connectivity index (χ0) is 13.8. The van der Waals surface area contributed by atoms with Crippen molar-refractivity contribution in [3.05, 3.63) is 0 Å². The molecule has 104 valence electrons. The van der Waals surface area contributed by atoms with Gasteiger partial charge in [-0.2, -0.15) is 0 Å². The second-order valence-corrected chi connectivity index (χ2v) is 5.56. The molecule has 5 nitrogen and oxygen atoms in total. The molecule has 0 saturated carbocycles. The normalized spacial score (nSPS) is 17.8. The summed E-state index contributed by atoms with van der Waals surface area (Å²) in [5.41, 5.74) is 4.69. The molecule has 0 radical (unpaired) electrons. The molecule has 0 aliphatic carbocycles. The quantitative estimate of drug-likeness (QED) is 0.750. The van der Waals surface area contributed by atoms with E-state index < -0.39 is 5.54 Å². The number of nitrogens with zero attached hydrogens (tertiary/aromatic N) is 1. The number of likely N-dealkylation sites (N-methyl/N-ethyl adjacent to an activating group) is 1. The van der Waals surface area contributed by atoms with Crippen LogP contribution in [0, 0.1) is 5.92 Å². The highest BCUT2D eigenvalue weighted by molar-refractivity contribution is 5.85. The van der Waals surface area contributed by atoms with Gasteiger partial charge in [-0.1, -0.05) is 6.92 Å². The topological polar surface area (TPSA) is 75.4 Å². The Morgan fingerprint density at radius 1 is 1.33 bits per heavy atom. The first kappa shape index (κ1) is 15.0. The van der Waals surface area contributed by atoms with Gasteiger partial charge in [0.15, 0.2) is 0 Å². The lowest BCUT2D eigenvalue weighted by molar-refractivity contribution is -0.138. The van der Waals surface area contributed by atoms with Crippen LogP contribution in [-0.2, 0) is 9.59 Å². The van der Waals surface area contributed by atoms with Crippen LogP contribution in [0.15, 0.2) is 0 Å². The van der Waals surface area contributed by atoms with Crippen LogP contribution in [0.4, 0.5) is 0 Å². The average Bonchev–Trinajstić information content (AvgIpc) is 2.28. The van der Waals surface area contributed by atoms with E-state index in [-0.39, 0.29) is 11.8 Å². The molecule has 0 aromatic rings. The summed E-state index contributed by atoms with van der Waals surface area (Å²) in [6.07, 6.45) is 2.19. The fourth-order valence-corrected chi connectivity index (χ4v) is 2.54. The predicted octanol–water partition coefficient (Wildman–Crippen LogP) is 0.489. The maximum atomic E-state index is 12.3. The predicted molar refractivity (Wildman–Crippen MR) is 70.9 cm³/mol. The average molecular weight is 255 g/mol. The molecule has 5 heteroatoms. The fraction of sp³-hybridized carbons (Fsp3) is 0.846. The molecular weight excluding hydrogens is 230 g/mol. The number of likely N-dealkylation sites (tertiary alicyclic amines) is 1. The number of nitrogens with two attached hydrogens (primary N) is 1. The summed E-state index contributed by atoms with van der Waals surface area (Å²) in [5.74, 6) is 0.239. The first-order valence-corrected chi connectivity index (χ1v) is 6.69. The van der Waals surface area contributed by atoms with Gasteiger partial charge in [0.25, 0.3) is 0 Å². The van der Waals surface area contributed by atoms with Crippen LogP contribution in [0.3, 0.4) is 0 Å². The molecule has 2 amide bonds. The maximum Gasteiger partial charge on any atom is 0.242 e. The number of nitrogens with one attached hydrogen (secondary N) is 1. The first-order chi connectivity index (χ1) is 8.36. The Balaban J connectivity index is 2.47. The SMILES string of the molecule is CCNC(C)(C)C(=O)N1CCC(CC(N)=O)CC1. The molecule has 1 saturated heterocycles. The van der Waals surface area contributed by atoms with E-state index in [1.54, 1.807) is 0 Å². The number of carbonyl (C=O) groups is 2. The second-order valence-electron chi connectivity index (χ2n) is 5.56. The molecule has 1 heterocycles. The van der Waals surface area contributed by atoms with Crippen LogP contribution < -0.4 is 11.1 Å². The summed E-state index contributed by atoms with van der Waals surface area (Å²) in [6, 6.07) is 0. The minimum Gasteiger partial charge on any atom is -0.370 e. The van der Waals surface area contributed by atoms with Gasteiger partial charge in [0.05, 0.1) is 5.54 Å². The molecule has 0 unspecified atom stereocenters. The largest absolute Gasteiger partial charge is 0.370 e. The molecule has 0 atom stereocenters. The van der Waals surface area contributed by atoms with Gasteiger partial charge in [-0.3, -0.25) is 9.59 Å². The third-order valence-corrected chi connectivity index (χ3v) is 3.54. The van der Waals surface area contributed by atoms with E-state index in [0.717, 1.165) is 32.5 Å². The van der Waals surface area contributed by atoms with Crippen molar-refractivity contribution in [2.75, 3.05) is 19.6 Å². The Hall–Kier alpha value is -1.10. The molecule has 3 N–H and O–H groups in total. The summed E-state index contributed by atoms with van der Waals surface area (Å²) in [7, 11) is 0. The van der Waals surface area contributed by atoms with E-state index in [2.05, 4.69) is 5.32 Å². The Labute approximate surface area is 109 Å². The summed E-state index contributed by atoms with van der Waals surface area (Å²) >= 11 is 0. The summed E-state index contributed by atoms with van der Waals surface area (Å²) in [5, 5.41) is 3.20. The highest BCUT2D eigenvalue weighted by Crippen LogP contribution is 2.22. The van der Waals surface area contributed by atoms with Crippen LogP contribution in [0.1, 0.15) is 40.0 Å². The lowest BCUT2D eigenvalue weighted by atomic mass is 9.92. The first-order valence-electron chi connectivity index (χ1n) is 6.69. The molecule has 0 aromatic heterocycles. The zero-order valence-electron chi connectivity index (χ0n) is 11.7. The molecule has 1 aliphatic rings. The van der Waals surface area contributed by atoms with Crippen molar-refractivity contribution in [1.29, 1.82) is 0 Å². The smallest absolute Gasteiger partial charge is 0.242 e. The minimum atomic E-state index is -0.509. The molecular formula is C13H25N3O2. The van der Waals surface area contributed by atoms with Crippen molar-refractivity contribution < 1.29 is 9.59 Å². The Bertz CT molecular complexity index is 307. The van der Waals surface area contributed by atoms with Crippen LogP contribution >= 0.6 is 0 Å². The number of carbonyl (C=O) groups excluding carboxylic acids is 2. The van der Waals surface area contributed by atoms with Crippen LogP contribution in [-0.4, -0.2) is 41.9 Å². The lowest BCUT2D eigenvalue weighted by Gasteiger charge is -2.37. The fourth-order valence-electron chi connectivity index (χ4n) is 2.54. The Morgan fingerprint density at radius 2 is 1.89 bits per heavy atom. The van der Waals surface area contributed by atoms with Gasteiger partial charge in [-0.05, 0) is 39.2 Å². The van der Waals surface area contributed by atoms with E-state index in [1.807, 2.05) is 25.7 Å². The van der Waals surface area contributed by atoms with Gasteiger partial charge in [-0.15, -0.1) is 0 Å². The number of hydrogen-bond donors (Lipinski definition) is 2. The van der Waals surface area contributed by atoms with Crippen molar-refractivity contribution >= 4 is 11.8 Å². The van der Waals surface area contributed by atoms with Crippen molar-refractivity contribution in [3.8, 4) is 0 Å². The highest BCUT2D eigenvalue weighted by Gasteiger charge is 2.33. The number of piperidine rings is 1. The van der Waals surface area contributed by atoms with E-state index in [0.29, 0.717) is 12.3 Å². The Morgan fingerprint density at radius 3 is 2.33 bits per heavy atom. The van der Waals surface area contributed by atoms with E-state index in [9.17, 15) is 9.59 Å². The van der Waals surface area contributed by atoms with Crippen molar-refractivity contribution in [1.82, 2.24) is 10.2 Å². The third-order valence-electron chi connectivity index (χ3n) is 3.54. The maximum absolute atomic E-state index is 12.3. The number of amides is 2. The molecule has 1 aliphatic heterocycles. The van der Waals surface area contributed by atoms with Crippen molar-refractivity contribution in [3.63, 3.8) is 0 Å². The van der Waals surface area contributed by atoms with Gasteiger partial charge in [0.2, 0.25) is 11.8 Å². The number of rotatable bonds is 5. The Kier molecular flexibility index (Phi) is 5.14. The summed E-state index contributed by atoms with van der Waals surface area (Å²) < 4.78 is 0. The molecule has 0 aromatic carbocycles. The van der Waals surface area contributed by atoms with E-state index >= 15 is 0 Å². The standard InChI is InChI=1S/C13H25N3O2/c1-4-15-13(2,3)12(18)16-7-5-10(6-8-16)9-11(14)17/h10,15H,4-9H2,1-3H3,(H2,14,17). The third kappa shape index (κ3) is 3.98. The van der Waals surface area contributed by atoms with E-state index in [1.165, 1.54) is 0 Å². The number of primary amides is 1. The van der Waals surface area contributed by atoms with Gasteiger partial charge >= 0.3 is 0 Å². The van der Waals surface area contributed by atoms with Gasteiger partial charge < -0.3 is 16.0 Å². The van der Waals surface area contributed by atoms with Crippen molar-refractivity contribution in [2.45, 2.75) is 45.6 Å². The van der Waals surface area contributed by atoms with Gasteiger partial charge in [0, 0.05) is 19.5 Å². The van der Waals surface area contributed by atoms with Gasteiger partial charge in [0.1, 0.15) is 0 Å². The molecule has 0 spiro atoms. The lowest BCUT2D eigenvalue weighted by Crippen LogP contribution is -2.55. The molecule has 0 bridgehead atoms. The molecule has 1 fully saturated rings. The highest BCUT2D eigenvalue weighted by atomic mass is 16.2. The zero-order valence-corrected chi connectivity index (χ0v) is 11.7. The van der Waals surface area contributed by atoms with Crippen molar-refractivity contribution in [2.24, 2.45) is 11.7 Å².